The lowest BCUT2D eigenvalue weighted by Gasteiger charge is -2.31. The number of para-hydroxylation sites is 1. The van der Waals surface area contributed by atoms with Gasteiger partial charge in [0.2, 0.25) is 5.96 Å². The fourth-order valence-electron chi connectivity index (χ4n) is 2.71. The number of aliphatic imine (C=N–C) groups is 1. The van der Waals surface area contributed by atoms with E-state index >= 15 is 0 Å². The minimum Gasteiger partial charge on any atom is -0.267 e. The predicted octanol–water partition coefficient (Wildman–Crippen LogP) is 4.17. The number of amides is 1. The van der Waals surface area contributed by atoms with Gasteiger partial charge in [-0.25, -0.2) is 9.38 Å². The summed E-state index contributed by atoms with van der Waals surface area (Å²) in [5, 5.41) is 1.86. The molecule has 3 N–H and O–H groups in total. The number of nitrogens with one attached hydrogen (secondary N) is 3. The number of carbonyl (C=O) groups is 1. The minimum atomic E-state index is -0.407. The second-order valence-corrected chi connectivity index (χ2v) is 6.88. The maximum Gasteiger partial charge on any atom is 0.269 e. The number of rotatable bonds is 2. The molecule has 1 amide bonds. The number of benzene rings is 3. The number of nitrogens with zero attached hydrogens (tertiary/aromatic N) is 2. The van der Waals surface area contributed by atoms with Gasteiger partial charge in [-0.05, 0) is 54.6 Å². The Kier molecular flexibility index (Phi) is 4.94. The van der Waals surface area contributed by atoms with Crippen LogP contribution < -0.4 is 21.3 Å². The highest BCUT2D eigenvalue weighted by atomic mass is 79.9. The molecule has 3 aromatic rings. The predicted molar refractivity (Wildman–Crippen MR) is 110 cm³/mol. The lowest BCUT2D eigenvalue weighted by atomic mass is 10.2. The fraction of sp³-hybridized carbons (Fsp3) is 0. The van der Waals surface area contributed by atoms with Gasteiger partial charge in [0.15, 0.2) is 0 Å². The molecule has 4 rings (SSSR count). The molecule has 6 nitrogen and oxygen atoms in total. The van der Waals surface area contributed by atoms with Crippen LogP contribution in [0, 0.1) is 5.82 Å². The number of hydrazine groups is 2. The van der Waals surface area contributed by atoms with Crippen molar-refractivity contribution in [3.05, 3.63) is 88.6 Å². The molecule has 1 aliphatic rings. The van der Waals surface area contributed by atoms with Gasteiger partial charge in [-0.2, -0.15) is 0 Å². The van der Waals surface area contributed by atoms with E-state index < -0.39 is 11.7 Å². The molecule has 1 heterocycles. The Bertz CT molecular complexity index is 1040. The van der Waals surface area contributed by atoms with Crippen molar-refractivity contribution >= 4 is 44.9 Å². The molecule has 0 bridgehead atoms. The topological polar surface area (TPSA) is 68.8 Å². The highest BCUT2D eigenvalue weighted by Crippen LogP contribution is 2.36. The van der Waals surface area contributed by atoms with Gasteiger partial charge < -0.3 is 0 Å². The van der Waals surface area contributed by atoms with Crippen LogP contribution in [0.15, 0.2) is 82.3 Å². The summed E-state index contributed by atoms with van der Waals surface area (Å²) in [7, 11) is 0. The zero-order valence-corrected chi connectivity index (χ0v) is 16.1. The van der Waals surface area contributed by atoms with Crippen molar-refractivity contribution in [1.82, 2.24) is 16.3 Å². The summed E-state index contributed by atoms with van der Waals surface area (Å²) in [5.41, 5.74) is 11.3. The van der Waals surface area contributed by atoms with Crippen LogP contribution in [0.5, 0.6) is 0 Å². The number of carbonyl (C=O) groups excluding carboxylic acids is 1. The van der Waals surface area contributed by atoms with Crippen molar-refractivity contribution in [3.8, 4) is 0 Å². The number of guanidine groups is 1. The van der Waals surface area contributed by atoms with Crippen LogP contribution in [0.4, 0.5) is 21.5 Å². The normalized spacial score (nSPS) is 12.5. The van der Waals surface area contributed by atoms with Gasteiger partial charge in [0, 0.05) is 10.0 Å². The minimum absolute atomic E-state index is 0.327. The molecule has 0 spiro atoms. The Morgan fingerprint density at radius 2 is 1.79 bits per heavy atom. The van der Waals surface area contributed by atoms with Crippen LogP contribution in [0.25, 0.3) is 0 Å². The summed E-state index contributed by atoms with van der Waals surface area (Å²) in [6.45, 7) is 0. The van der Waals surface area contributed by atoms with Gasteiger partial charge in [-0.15, -0.1) is 0 Å². The van der Waals surface area contributed by atoms with Crippen LogP contribution in [-0.4, -0.2) is 11.9 Å². The van der Waals surface area contributed by atoms with Crippen LogP contribution in [0.3, 0.4) is 0 Å². The summed E-state index contributed by atoms with van der Waals surface area (Å²) in [4.78, 5) is 16.8. The molecular formula is C20H15BrFN5O. The van der Waals surface area contributed by atoms with Crippen molar-refractivity contribution in [3.63, 3.8) is 0 Å². The maximum absolute atomic E-state index is 13.0. The molecule has 3 aromatic carbocycles. The third-order valence-corrected chi connectivity index (χ3v) is 4.54. The number of hydrogen-bond acceptors (Lipinski definition) is 5. The Labute approximate surface area is 169 Å². The molecule has 0 atom stereocenters. The molecule has 0 unspecified atom stereocenters. The first-order valence-corrected chi connectivity index (χ1v) is 9.21. The number of anilines is 2. The summed E-state index contributed by atoms with van der Waals surface area (Å²) >= 11 is 3.46. The van der Waals surface area contributed by atoms with Crippen LogP contribution in [0.1, 0.15) is 10.4 Å². The van der Waals surface area contributed by atoms with Crippen LogP contribution in [-0.2, 0) is 0 Å². The molecule has 8 heteroatoms. The number of halogens is 2. The average molecular weight is 440 g/mol. The fourth-order valence-corrected chi connectivity index (χ4v) is 3.06. The molecule has 0 saturated carbocycles. The zero-order chi connectivity index (χ0) is 19.5. The second-order valence-electron chi connectivity index (χ2n) is 5.96. The van der Waals surface area contributed by atoms with E-state index in [1.165, 1.54) is 24.3 Å². The molecule has 0 aromatic heterocycles. The number of fused-ring (bicyclic) bond motifs is 1. The largest absolute Gasteiger partial charge is 0.269 e. The monoisotopic (exact) mass is 439 g/mol. The third kappa shape index (κ3) is 3.81. The second kappa shape index (κ2) is 7.69. The smallest absolute Gasteiger partial charge is 0.267 e. The highest BCUT2D eigenvalue weighted by Gasteiger charge is 2.21. The molecule has 0 fully saturated rings. The van der Waals surface area contributed by atoms with E-state index in [0.29, 0.717) is 11.5 Å². The van der Waals surface area contributed by atoms with Gasteiger partial charge in [-0.3, -0.25) is 26.1 Å². The van der Waals surface area contributed by atoms with Crippen molar-refractivity contribution in [2.75, 3.05) is 5.01 Å². The first-order chi connectivity index (χ1) is 13.6. The Morgan fingerprint density at radius 3 is 2.54 bits per heavy atom. The lowest BCUT2D eigenvalue weighted by Crippen LogP contribution is -2.53. The molecular weight excluding hydrogens is 425 g/mol. The maximum atomic E-state index is 13.0. The van der Waals surface area contributed by atoms with Crippen molar-refractivity contribution < 1.29 is 9.18 Å². The first kappa shape index (κ1) is 18.0. The average Bonchev–Trinajstić information content (AvgIpc) is 2.72. The zero-order valence-electron chi connectivity index (χ0n) is 14.5. The third-order valence-electron chi connectivity index (χ3n) is 4.04. The molecule has 1 aliphatic heterocycles. The van der Waals surface area contributed by atoms with E-state index in [1.54, 1.807) is 0 Å². The Balaban J connectivity index is 1.57. The van der Waals surface area contributed by atoms with E-state index in [4.69, 9.17) is 0 Å². The molecule has 28 heavy (non-hydrogen) atoms. The van der Waals surface area contributed by atoms with Crippen LogP contribution >= 0.6 is 15.9 Å². The van der Waals surface area contributed by atoms with Crippen molar-refractivity contribution in [2.45, 2.75) is 0 Å². The molecule has 0 radical (unpaired) electrons. The number of hydrogen-bond donors (Lipinski definition) is 3. The highest BCUT2D eigenvalue weighted by molar-refractivity contribution is 9.10. The quantitative estimate of drug-likeness (QED) is 0.524. The summed E-state index contributed by atoms with van der Waals surface area (Å²) in [5.74, 6) is -0.468. The lowest BCUT2D eigenvalue weighted by molar-refractivity contribution is 0.0943. The summed E-state index contributed by atoms with van der Waals surface area (Å²) < 4.78 is 13.9. The Hall–Kier alpha value is -3.39. The van der Waals surface area contributed by atoms with E-state index in [0.717, 1.165) is 21.5 Å². The van der Waals surface area contributed by atoms with E-state index in [9.17, 15) is 9.18 Å². The summed E-state index contributed by atoms with van der Waals surface area (Å²) in [6.07, 6.45) is 0. The van der Waals surface area contributed by atoms with Crippen molar-refractivity contribution in [2.24, 2.45) is 4.99 Å². The molecule has 140 valence electrons. The van der Waals surface area contributed by atoms with E-state index in [-0.39, 0.29) is 0 Å². The first-order valence-electron chi connectivity index (χ1n) is 8.42. The van der Waals surface area contributed by atoms with Gasteiger partial charge >= 0.3 is 0 Å². The molecule has 0 saturated heterocycles. The van der Waals surface area contributed by atoms with Gasteiger partial charge in [-0.1, -0.05) is 34.1 Å². The molecule has 0 aliphatic carbocycles. The Morgan fingerprint density at radius 1 is 1.04 bits per heavy atom. The van der Waals surface area contributed by atoms with Crippen molar-refractivity contribution in [1.29, 1.82) is 0 Å². The van der Waals surface area contributed by atoms with Crippen LogP contribution in [0.2, 0.25) is 0 Å². The van der Waals surface area contributed by atoms with Gasteiger partial charge in [0.05, 0.1) is 17.1 Å². The SMILES string of the molecule is O=C(NNC1=Nc2cc(Br)ccc2N(c2ccccc2)N1)c1ccc(F)cc1. The van der Waals surface area contributed by atoms with E-state index in [1.807, 2.05) is 53.5 Å². The standard InChI is InChI=1S/C20H15BrFN5O/c21-14-8-11-18-17(12-14)23-20(26-27(18)16-4-2-1-3-5-16)25-24-19(28)13-6-9-15(22)10-7-13/h1-12H,(H,24,28)(H2,23,25,26). The summed E-state index contributed by atoms with van der Waals surface area (Å²) in [6, 6.07) is 20.8. The van der Waals surface area contributed by atoms with Gasteiger partial charge in [0.25, 0.3) is 5.91 Å². The van der Waals surface area contributed by atoms with E-state index in [2.05, 4.69) is 37.2 Å². The van der Waals surface area contributed by atoms with Gasteiger partial charge in [0.1, 0.15) is 5.82 Å².